The van der Waals surface area contributed by atoms with Crippen molar-refractivity contribution in [2.24, 2.45) is 11.7 Å². The van der Waals surface area contributed by atoms with Crippen molar-refractivity contribution in [2.45, 2.75) is 43.0 Å². The maximum Gasteiger partial charge on any atom is 0.241 e. The van der Waals surface area contributed by atoms with E-state index in [2.05, 4.69) is 4.72 Å². The summed E-state index contributed by atoms with van der Waals surface area (Å²) in [6.07, 6.45) is 4.26. The lowest BCUT2D eigenvalue weighted by molar-refractivity contribution is 0.191. The van der Waals surface area contributed by atoms with Gasteiger partial charge in [-0.05, 0) is 37.0 Å². The molecule has 2 atom stereocenters. The molecule has 1 aliphatic rings. The molecule has 1 aliphatic carbocycles. The molecule has 150 valence electrons. The molecule has 0 bridgehead atoms. The Balaban J connectivity index is 0.00000338. The Morgan fingerprint density at radius 3 is 2.42 bits per heavy atom. The zero-order valence-corrected chi connectivity index (χ0v) is 17.1. The minimum absolute atomic E-state index is 0. The molecule has 2 unspecified atom stereocenters. The summed E-state index contributed by atoms with van der Waals surface area (Å²) in [7, 11) is -7.66. The number of sulfonamides is 2. The molecule has 0 aromatic heterocycles. The number of anilines is 1. The SMILES string of the molecule is CC1CCCCC1(CN)NS(=O)(=O)c1ccc(NS(C)(=O)=O)c(F)c1.Cl. The molecule has 2 rings (SSSR count). The third-order valence-corrected chi connectivity index (χ3v) is 6.84. The highest BCUT2D eigenvalue weighted by molar-refractivity contribution is 7.92. The van der Waals surface area contributed by atoms with Crippen molar-refractivity contribution in [3.05, 3.63) is 24.0 Å². The zero-order chi connectivity index (χ0) is 18.9. The molecular formula is C15H25ClFN3O4S2. The fraction of sp³-hybridized carbons (Fsp3) is 0.600. The van der Waals surface area contributed by atoms with Crippen LogP contribution in [-0.4, -0.2) is 35.2 Å². The van der Waals surface area contributed by atoms with Crippen molar-refractivity contribution in [3.63, 3.8) is 0 Å². The molecule has 0 spiro atoms. The Morgan fingerprint density at radius 2 is 1.92 bits per heavy atom. The van der Waals surface area contributed by atoms with Gasteiger partial charge in [-0.25, -0.2) is 25.9 Å². The largest absolute Gasteiger partial charge is 0.329 e. The van der Waals surface area contributed by atoms with Gasteiger partial charge < -0.3 is 5.73 Å². The quantitative estimate of drug-likeness (QED) is 0.637. The van der Waals surface area contributed by atoms with Crippen molar-refractivity contribution in [2.75, 3.05) is 17.5 Å². The average molecular weight is 430 g/mol. The van der Waals surface area contributed by atoms with Gasteiger partial charge in [0, 0.05) is 12.1 Å². The third-order valence-electron chi connectivity index (χ3n) is 4.70. The van der Waals surface area contributed by atoms with Gasteiger partial charge in [0.1, 0.15) is 5.82 Å². The van der Waals surface area contributed by atoms with E-state index in [1.807, 2.05) is 11.6 Å². The minimum atomic E-state index is -3.99. The lowest BCUT2D eigenvalue weighted by Crippen LogP contribution is -2.58. The summed E-state index contributed by atoms with van der Waals surface area (Å²) >= 11 is 0. The molecule has 1 aromatic rings. The predicted octanol–water partition coefficient (Wildman–Crippen LogP) is 1.80. The van der Waals surface area contributed by atoms with Gasteiger partial charge in [0.2, 0.25) is 20.0 Å². The maximum atomic E-state index is 14.1. The van der Waals surface area contributed by atoms with Crippen LogP contribution in [0.25, 0.3) is 0 Å². The smallest absolute Gasteiger partial charge is 0.241 e. The van der Waals surface area contributed by atoms with Crippen LogP contribution in [0, 0.1) is 11.7 Å². The first-order valence-electron chi connectivity index (χ1n) is 8.00. The van der Waals surface area contributed by atoms with Crippen LogP contribution < -0.4 is 15.2 Å². The normalized spacial score (nSPS) is 23.9. The van der Waals surface area contributed by atoms with Crippen LogP contribution in [0.3, 0.4) is 0 Å². The summed E-state index contributed by atoms with van der Waals surface area (Å²) in [5.41, 5.74) is 4.80. The summed E-state index contributed by atoms with van der Waals surface area (Å²) in [6.45, 7) is 2.11. The van der Waals surface area contributed by atoms with Gasteiger partial charge >= 0.3 is 0 Å². The molecule has 11 heteroatoms. The number of rotatable bonds is 6. The van der Waals surface area contributed by atoms with Gasteiger partial charge in [-0.3, -0.25) is 4.72 Å². The van der Waals surface area contributed by atoms with E-state index in [0.29, 0.717) is 6.42 Å². The molecule has 0 radical (unpaired) electrons. The lowest BCUT2D eigenvalue weighted by Gasteiger charge is -2.42. The Labute approximate surface area is 160 Å². The van der Waals surface area contributed by atoms with Gasteiger partial charge in [-0.15, -0.1) is 12.4 Å². The molecule has 0 amide bonds. The molecule has 7 nitrogen and oxygen atoms in total. The first-order valence-corrected chi connectivity index (χ1v) is 11.4. The van der Waals surface area contributed by atoms with Gasteiger partial charge in [0.05, 0.1) is 16.8 Å². The van der Waals surface area contributed by atoms with Crippen LogP contribution in [0.1, 0.15) is 32.6 Å². The molecule has 0 aliphatic heterocycles. The molecule has 0 heterocycles. The highest BCUT2D eigenvalue weighted by Crippen LogP contribution is 2.34. The fourth-order valence-corrected chi connectivity index (χ4v) is 5.29. The predicted molar refractivity (Wildman–Crippen MR) is 102 cm³/mol. The summed E-state index contributed by atoms with van der Waals surface area (Å²) in [6, 6.07) is 3.05. The number of nitrogens with two attached hydrogens (primary N) is 1. The number of hydrogen-bond donors (Lipinski definition) is 3. The summed E-state index contributed by atoms with van der Waals surface area (Å²) in [4.78, 5) is -0.269. The molecule has 1 saturated carbocycles. The summed E-state index contributed by atoms with van der Waals surface area (Å²) < 4.78 is 66.5. The second-order valence-corrected chi connectivity index (χ2v) is 10.1. The molecule has 0 saturated heterocycles. The van der Waals surface area contributed by atoms with E-state index in [-0.39, 0.29) is 35.5 Å². The number of halogens is 2. The zero-order valence-electron chi connectivity index (χ0n) is 14.7. The standard InChI is InChI=1S/C15H24FN3O4S2.ClH/c1-11-5-3-4-8-15(11,10-17)19-25(22,23)12-6-7-14(13(16)9-12)18-24(2,20)21;/h6-7,9,11,18-19H,3-5,8,10,17H2,1-2H3;1H. The van der Waals surface area contributed by atoms with E-state index in [0.717, 1.165) is 43.7 Å². The van der Waals surface area contributed by atoms with E-state index in [4.69, 9.17) is 5.73 Å². The summed E-state index contributed by atoms with van der Waals surface area (Å²) in [5, 5.41) is 0. The van der Waals surface area contributed by atoms with Crippen LogP contribution in [0.15, 0.2) is 23.1 Å². The average Bonchev–Trinajstić information content (AvgIpc) is 2.50. The van der Waals surface area contributed by atoms with Crippen LogP contribution >= 0.6 is 12.4 Å². The first kappa shape index (κ1) is 23.1. The van der Waals surface area contributed by atoms with E-state index < -0.39 is 31.4 Å². The third kappa shape index (κ3) is 5.29. The molecule has 26 heavy (non-hydrogen) atoms. The molecule has 1 fully saturated rings. The Hall–Kier alpha value is -0.940. The Kier molecular flexibility index (Phi) is 7.45. The fourth-order valence-electron chi connectivity index (χ4n) is 3.18. The first-order chi connectivity index (χ1) is 11.5. The van der Waals surface area contributed by atoms with Crippen molar-refractivity contribution in [1.29, 1.82) is 0 Å². The monoisotopic (exact) mass is 429 g/mol. The van der Waals surface area contributed by atoms with E-state index in [1.54, 1.807) is 0 Å². The van der Waals surface area contributed by atoms with Crippen molar-refractivity contribution < 1.29 is 21.2 Å². The van der Waals surface area contributed by atoms with Gasteiger partial charge in [0.15, 0.2) is 0 Å². The van der Waals surface area contributed by atoms with Crippen LogP contribution in [0.2, 0.25) is 0 Å². The van der Waals surface area contributed by atoms with Crippen LogP contribution in [-0.2, 0) is 20.0 Å². The highest BCUT2D eigenvalue weighted by atomic mass is 35.5. The Morgan fingerprint density at radius 1 is 1.27 bits per heavy atom. The van der Waals surface area contributed by atoms with Gasteiger partial charge in [-0.2, -0.15) is 0 Å². The van der Waals surface area contributed by atoms with Gasteiger partial charge in [0.25, 0.3) is 0 Å². The maximum absolute atomic E-state index is 14.1. The second-order valence-electron chi connectivity index (χ2n) is 6.63. The van der Waals surface area contributed by atoms with E-state index in [9.17, 15) is 21.2 Å². The van der Waals surface area contributed by atoms with Gasteiger partial charge in [-0.1, -0.05) is 19.8 Å². The van der Waals surface area contributed by atoms with Crippen molar-refractivity contribution in [3.8, 4) is 0 Å². The second kappa shape index (κ2) is 8.39. The lowest BCUT2D eigenvalue weighted by atomic mass is 9.74. The molecular weight excluding hydrogens is 405 g/mol. The number of nitrogens with one attached hydrogen (secondary N) is 2. The Bertz CT molecular complexity index is 848. The minimum Gasteiger partial charge on any atom is -0.329 e. The number of hydrogen-bond acceptors (Lipinski definition) is 5. The van der Waals surface area contributed by atoms with Crippen LogP contribution in [0.4, 0.5) is 10.1 Å². The van der Waals surface area contributed by atoms with Crippen molar-refractivity contribution >= 4 is 38.1 Å². The van der Waals surface area contributed by atoms with E-state index >= 15 is 0 Å². The van der Waals surface area contributed by atoms with Crippen molar-refractivity contribution in [1.82, 2.24) is 4.72 Å². The topological polar surface area (TPSA) is 118 Å². The van der Waals surface area contributed by atoms with Crippen LogP contribution in [0.5, 0.6) is 0 Å². The number of benzene rings is 1. The van der Waals surface area contributed by atoms with E-state index in [1.165, 1.54) is 0 Å². The molecule has 1 aromatic carbocycles. The molecule has 4 N–H and O–H groups in total. The highest BCUT2D eigenvalue weighted by Gasteiger charge is 2.40. The summed E-state index contributed by atoms with van der Waals surface area (Å²) in [5.74, 6) is -0.899.